The third-order valence-corrected chi connectivity index (χ3v) is 7.53. The molecule has 2 aliphatic heterocycles. The van der Waals surface area contributed by atoms with Crippen LogP contribution < -0.4 is 5.32 Å². The second-order valence-electron chi connectivity index (χ2n) is 8.82. The Morgan fingerprint density at radius 2 is 2.06 bits per heavy atom. The first-order valence-electron chi connectivity index (χ1n) is 10.7. The molecule has 5 rings (SSSR count). The van der Waals surface area contributed by atoms with E-state index in [4.69, 9.17) is 23.2 Å². The van der Waals surface area contributed by atoms with E-state index in [1.165, 1.54) is 24.3 Å². The van der Waals surface area contributed by atoms with Crippen LogP contribution in [0.1, 0.15) is 36.3 Å². The summed E-state index contributed by atoms with van der Waals surface area (Å²) in [5.41, 5.74) is -1.20. The number of nitrogens with one attached hydrogen (secondary N) is 1. The van der Waals surface area contributed by atoms with Crippen molar-refractivity contribution in [2.75, 3.05) is 18.5 Å². The van der Waals surface area contributed by atoms with E-state index in [9.17, 15) is 20.0 Å². The third-order valence-electron chi connectivity index (χ3n) is 7.03. The molecule has 4 atom stereocenters. The predicted octanol–water partition coefficient (Wildman–Crippen LogP) is 3.58. The van der Waals surface area contributed by atoms with Crippen molar-refractivity contribution < 1.29 is 19.2 Å². The molecule has 1 saturated heterocycles. The fourth-order valence-corrected chi connectivity index (χ4v) is 5.93. The van der Waals surface area contributed by atoms with Gasteiger partial charge in [-0.2, -0.15) is 0 Å². The number of likely N-dealkylation sites (tertiary alicyclic amines) is 1. The number of nitrogens with zero attached hydrogens (tertiary/aromatic N) is 3. The third kappa shape index (κ3) is 3.32. The van der Waals surface area contributed by atoms with Crippen LogP contribution in [0.5, 0.6) is 0 Å². The zero-order valence-corrected chi connectivity index (χ0v) is 18.9. The first-order valence-corrected chi connectivity index (χ1v) is 11.5. The van der Waals surface area contributed by atoms with Gasteiger partial charge in [0.25, 0.3) is 5.91 Å². The van der Waals surface area contributed by atoms with Gasteiger partial charge in [-0.3, -0.25) is 19.8 Å². The maximum atomic E-state index is 15.4. The van der Waals surface area contributed by atoms with Gasteiger partial charge in [0.1, 0.15) is 22.3 Å². The molecule has 0 bridgehead atoms. The van der Waals surface area contributed by atoms with Crippen LogP contribution in [-0.2, 0) is 10.3 Å². The molecule has 1 spiro atoms. The Hall–Kier alpha value is -2.33. The fraction of sp³-hybridized carbons (Fsp3) is 0.455. The zero-order chi connectivity index (χ0) is 23.5. The van der Waals surface area contributed by atoms with Gasteiger partial charge in [-0.1, -0.05) is 35.3 Å². The Labute approximate surface area is 198 Å². The van der Waals surface area contributed by atoms with Crippen LogP contribution in [0, 0.1) is 21.8 Å². The standard InChI is InChI=1S/C22H21Cl2FN4O4/c23-14-3-1-2-12(18(14)25)17-19(29(32)33)15(8-9-30)28(10-11-4-5-11)22(17)13-6-7-16(24)26-20(13)27-21(22)31/h1-3,6-7,11,15,17,19,30H,4-5,8-10H2,(H,26,27,31)/t15-,17-,19+,22+/m0/s1. The molecule has 0 unspecified atom stereocenters. The van der Waals surface area contributed by atoms with Gasteiger partial charge in [0.15, 0.2) is 0 Å². The average Bonchev–Trinajstić information content (AvgIpc) is 3.48. The fourth-order valence-electron chi connectivity index (χ4n) is 5.60. The Morgan fingerprint density at radius 3 is 2.73 bits per heavy atom. The van der Waals surface area contributed by atoms with Gasteiger partial charge in [-0.05, 0) is 43.4 Å². The van der Waals surface area contributed by atoms with E-state index in [0.29, 0.717) is 12.1 Å². The lowest BCUT2D eigenvalue weighted by atomic mass is 9.74. The normalized spacial score (nSPS) is 28.8. The van der Waals surface area contributed by atoms with Crippen molar-refractivity contribution in [3.05, 3.63) is 67.6 Å². The number of aromatic nitrogens is 1. The Kier molecular flexibility index (Phi) is 5.55. The minimum atomic E-state index is -1.60. The number of carbonyl (C=O) groups excluding carboxylic acids is 1. The van der Waals surface area contributed by atoms with Crippen LogP contribution in [0.3, 0.4) is 0 Å². The number of carbonyl (C=O) groups is 1. The minimum absolute atomic E-state index is 0.0108. The summed E-state index contributed by atoms with van der Waals surface area (Å²) in [6, 6.07) is 5.29. The molecule has 1 saturated carbocycles. The quantitative estimate of drug-likeness (QED) is 0.360. The molecule has 33 heavy (non-hydrogen) atoms. The summed E-state index contributed by atoms with van der Waals surface area (Å²) in [5, 5.41) is 25.0. The first kappa shape index (κ1) is 22.5. The predicted molar refractivity (Wildman–Crippen MR) is 119 cm³/mol. The Balaban J connectivity index is 1.83. The van der Waals surface area contributed by atoms with Crippen LogP contribution in [0.4, 0.5) is 10.2 Å². The number of aliphatic hydroxyl groups excluding tert-OH is 1. The molecule has 1 aliphatic carbocycles. The van der Waals surface area contributed by atoms with Gasteiger partial charge in [-0.25, -0.2) is 9.37 Å². The number of anilines is 1. The monoisotopic (exact) mass is 494 g/mol. The van der Waals surface area contributed by atoms with E-state index in [-0.39, 0.29) is 40.5 Å². The van der Waals surface area contributed by atoms with Crippen molar-refractivity contribution in [1.29, 1.82) is 0 Å². The topological polar surface area (TPSA) is 109 Å². The van der Waals surface area contributed by atoms with Crippen molar-refractivity contribution in [3.8, 4) is 0 Å². The molecule has 1 amide bonds. The van der Waals surface area contributed by atoms with Crippen molar-refractivity contribution >= 4 is 34.9 Å². The highest BCUT2D eigenvalue weighted by Crippen LogP contribution is 2.59. The molecule has 2 N–H and O–H groups in total. The average molecular weight is 495 g/mol. The molecule has 1 aromatic carbocycles. The molecule has 2 aromatic rings. The van der Waals surface area contributed by atoms with E-state index < -0.39 is 40.2 Å². The van der Waals surface area contributed by atoms with Gasteiger partial charge in [0.05, 0.1) is 17.0 Å². The summed E-state index contributed by atoms with van der Waals surface area (Å²) in [6.45, 7) is 0.0908. The van der Waals surface area contributed by atoms with Crippen LogP contribution >= 0.6 is 23.2 Å². The van der Waals surface area contributed by atoms with Gasteiger partial charge in [0.2, 0.25) is 6.04 Å². The van der Waals surface area contributed by atoms with Crippen LogP contribution in [0.25, 0.3) is 0 Å². The molecular weight excluding hydrogens is 474 g/mol. The molecule has 174 valence electrons. The summed E-state index contributed by atoms with van der Waals surface area (Å²) in [7, 11) is 0. The molecule has 11 heteroatoms. The van der Waals surface area contributed by atoms with Gasteiger partial charge in [0, 0.05) is 29.2 Å². The summed E-state index contributed by atoms with van der Waals surface area (Å²) in [6.07, 6.45) is 1.93. The van der Waals surface area contributed by atoms with Gasteiger partial charge >= 0.3 is 0 Å². The number of rotatable bonds is 6. The lowest BCUT2D eigenvalue weighted by Crippen LogP contribution is -2.52. The maximum absolute atomic E-state index is 15.4. The van der Waals surface area contributed by atoms with E-state index in [2.05, 4.69) is 10.3 Å². The van der Waals surface area contributed by atoms with Crippen molar-refractivity contribution in [3.63, 3.8) is 0 Å². The number of nitro groups is 1. The number of hydrogen-bond acceptors (Lipinski definition) is 6. The summed E-state index contributed by atoms with van der Waals surface area (Å²) < 4.78 is 15.4. The molecular formula is C22H21Cl2FN4O4. The van der Waals surface area contributed by atoms with E-state index in [1.807, 2.05) is 0 Å². The number of benzene rings is 1. The summed E-state index contributed by atoms with van der Waals surface area (Å²) in [4.78, 5) is 31.9. The summed E-state index contributed by atoms with van der Waals surface area (Å²) in [5.74, 6) is -2.06. The highest BCUT2D eigenvalue weighted by Gasteiger charge is 2.71. The molecule has 0 radical (unpaired) electrons. The Bertz CT molecular complexity index is 1150. The maximum Gasteiger partial charge on any atom is 0.251 e. The number of fused-ring (bicyclic) bond motifs is 2. The number of halogens is 3. The number of pyridine rings is 1. The first-order chi connectivity index (χ1) is 15.8. The lowest BCUT2D eigenvalue weighted by molar-refractivity contribution is -0.528. The second-order valence-corrected chi connectivity index (χ2v) is 9.62. The number of amides is 1. The van der Waals surface area contributed by atoms with Gasteiger partial charge in [-0.15, -0.1) is 0 Å². The Morgan fingerprint density at radius 1 is 1.30 bits per heavy atom. The van der Waals surface area contributed by atoms with Crippen molar-refractivity contribution in [2.45, 2.75) is 42.8 Å². The molecule has 8 nitrogen and oxygen atoms in total. The highest BCUT2D eigenvalue weighted by molar-refractivity contribution is 6.30. The van der Waals surface area contributed by atoms with Crippen LogP contribution in [0.15, 0.2) is 30.3 Å². The van der Waals surface area contributed by atoms with Crippen LogP contribution in [-0.4, -0.2) is 51.1 Å². The molecule has 3 heterocycles. The van der Waals surface area contributed by atoms with E-state index >= 15 is 4.39 Å². The molecule has 2 fully saturated rings. The number of hydrogen-bond donors (Lipinski definition) is 2. The second kappa shape index (κ2) is 8.16. The largest absolute Gasteiger partial charge is 0.396 e. The molecule has 1 aromatic heterocycles. The summed E-state index contributed by atoms with van der Waals surface area (Å²) >= 11 is 12.1. The lowest BCUT2D eigenvalue weighted by Gasteiger charge is -2.38. The van der Waals surface area contributed by atoms with Crippen molar-refractivity contribution in [2.24, 2.45) is 5.92 Å². The van der Waals surface area contributed by atoms with Crippen molar-refractivity contribution in [1.82, 2.24) is 9.88 Å². The zero-order valence-electron chi connectivity index (χ0n) is 17.4. The van der Waals surface area contributed by atoms with E-state index in [0.717, 1.165) is 12.8 Å². The minimum Gasteiger partial charge on any atom is -0.396 e. The highest BCUT2D eigenvalue weighted by atomic mass is 35.5. The number of aliphatic hydroxyl groups is 1. The smallest absolute Gasteiger partial charge is 0.251 e. The molecule has 3 aliphatic rings. The SMILES string of the molecule is O=C1Nc2nc(Cl)ccc2[C@@]12[C@@H](c1cccc(Cl)c1F)[C@H]([N+](=O)[O-])[C@H](CCO)N2CC1CC1. The van der Waals surface area contributed by atoms with Gasteiger partial charge < -0.3 is 10.4 Å². The van der Waals surface area contributed by atoms with Crippen LogP contribution in [0.2, 0.25) is 10.2 Å². The van der Waals surface area contributed by atoms with E-state index in [1.54, 1.807) is 11.0 Å².